The number of imidazole rings is 1. The van der Waals surface area contributed by atoms with Gasteiger partial charge in [0.25, 0.3) is 0 Å². The molecule has 0 aromatic carbocycles. The second-order valence-corrected chi connectivity index (χ2v) is 6.76. The highest BCUT2D eigenvalue weighted by atomic mass is 16.5. The Morgan fingerprint density at radius 2 is 1.91 bits per heavy atom. The SMILES string of the molecule is c1cnc2c(c1)nc(C1CCOCC1)n2CCN1CCCCC1. The molecule has 5 nitrogen and oxygen atoms in total. The lowest BCUT2D eigenvalue weighted by atomic mass is 9.99. The fraction of sp³-hybridized carbons (Fsp3) is 0.667. The number of piperidine rings is 1. The van der Waals surface area contributed by atoms with Crippen LogP contribution in [0.3, 0.4) is 0 Å². The van der Waals surface area contributed by atoms with Crippen LogP contribution in [0.15, 0.2) is 18.3 Å². The van der Waals surface area contributed by atoms with Crippen LogP contribution < -0.4 is 0 Å². The maximum absolute atomic E-state index is 5.53. The van der Waals surface area contributed by atoms with Gasteiger partial charge in [-0.25, -0.2) is 9.97 Å². The first-order chi connectivity index (χ1) is 11.4. The average Bonchev–Trinajstić information content (AvgIpc) is 3.00. The highest BCUT2D eigenvalue weighted by Gasteiger charge is 2.23. The van der Waals surface area contributed by atoms with Crippen LogP contribution in [0.25, 0.3) is 11.2 Å². The summed E-state index contributed by atoms with van der Waals surface area (Å²) < 4.78 is 7.90. The average molecular weight is 314 g/mol. The van der Waals surface area contributed by atoms with E-state index in [1.165, 1.54) is 38.2 Å². The molecule has 2 aliphatic rings. The van der Waals surface area contributed by atoms with E-state index in [2.05, 4.69) is 20.5 Å². The first-order valence-electron chi connectivity index (χ1n) is 9.03. The number of aromatic nitrogens is 3. The van der Waals surface area contributed by atoms with E-state index in [0.29, 0.717) is 5.92 Å². The third-order valence-corrected chi connectivity index (χ3v) is 5.21. The minimum absolute atomic E-state index is 0.513. The monoisotopic (exact) mass is 314 g/mol. The van der Waals surface area contributed by atoms with Crippen molar-refractivity contribution in [1.29, 1.82) is 0 Å². The molecule has 23 heavy (non-hydrogen) atoms. The van der Waals surface area contributed by atoms with Crippen molar-refractivity contribution in [3.05, 3.63) is 24.2 Å². The Bertz CT molecular complexity index is 642. The van der Waals surface area contributed by atoms with Crippen LogP contribution >= 0.6 is 0 Å². The van der Waals surface area contributed by atoms with E-state index in [0.717, 1.165) is 50.3 Å². The Morgan fingerprint density at radius 3 is 2.74 bits per heavy atom. The highest BCUT2D eigenvalue weighted by molar-refractivity contribution is 5.71. The second-order valence-electron chi connectivity index (χ2n) is 6.76. The van der Waals surface area contributed by atoms with Crippen molar-refractivity contribution in [2.75, 3.05) is 32.8 Å². The molecular weight excluding hydrogens is 288 g/mol. The van der Waals surface area contributed by atoms with Crippen LogP contribution in [-0.4, -0.2) is 52.3 Å². The van der Waals surface area contributed by atoms with E-state index in [4.69, 9.17) is 9.72 Å². The number of nitrogens with zero attached hydrogens (tertiary/aromatic N) is 4. The predicted octanol–water partition coefficient (Wildman–Crippen LogP) is 2.81. The van der Waals surface area contributed by atoms with Crippen LogP contribution in [0, 0.1) is 0 Å². The highest BCUT2D eigenvalue weighted by Crippen LogP contribution is 2.28. The normalized spacial score (nSPS) is 21.0. The summed E-state index contributed by atoms with van der Waals surface area (Å²) in [7, 11) is 0. The first kappa shape index (κ1) is 15.1. The van der Waals surface area contributed by atoms with Gasteiger partial charge in [-0.2, -0.15) is 0 Å². The molecule has 0 bridgehead atoms. The summed E-state index contributed by atoms with van der Waals surface area (Å²) in [5, 5.41) is 0. The Balaban J connectivity index is 1.59. The lowest BCUT2D eigenvalue weighted by molar-refractivity contribution is 0.0827. The molecule has 0 aliphatic carbocycles. The van der Waals surface area contributed by atoms with E-state index >= 15 is 0 Å². The second kappa shape index (κ2) is 6.97. The van der Waals surface area contributed by atoms with Gasteiger partial charge in [-0.15, -0.1) is 0 Å². The van der Waals surface area contributed by atoms with Crippen LogP contribution in [0.4, 0.5) is 0 Å². The zero-order valence-corrected chi connectivity index (χ0v) is 13.8. The van der Waals surface area contributed by atoms with Gasteiger partial charge in [-0.3, -0.25) is 0 Å². The van der Waals surface area contributed by atoms with Crippen LogP contribution in [0.2, 0.25) is 0 Å². The van der Waals surface area contributed by atoms with Gasteiger partial charge in [0.1, 0.15) is 11.3 Å². The molecule has 0 saturated carbocycles. The van der Waals surface area contributed by atoms with Crippen molar-refractivity contribution in [2.24, 2.45) is 0 Å². The number of likely N-dealkylation sites (tertiary alicyclic amines) is 1. The Morgan fingerprint density at radius 1 is 1.09 bits per heavy atom. The Labute approximate surface area is 137 Å². The van der Waals surface area contributed by atoms with Gasteiger partial charge in [0.15, 0.2) is 5.65 Å². The zero-order valence-electron chi connectivity index (χ0n) is 13.8. The number of ether oxygens (including phenoxy) is 1. The summed E-state index contributed by atoms with van der Waals surface area (Å²) in [5.41, 5.74) is 2.08. The molecule has 0 amide bonds. The Kier molecular flexibility index (Phi) is 4.57. The van der Waals surface area contributed by atoms with Gasteiger partial charge in [-0.05, 0) is 50.9 Å². The topological polar surface area (TPSA) is 43.2 Å². The summed E-state index contributed by atoms with van der Waals surface area (Å²) in [6, 6.07) is 4.07. The third kappa shape index (κ3) is 3.26. The lowest BCUT2D eigenvalue weighted by Gasteiger charge is -2.27. The molecular formula is C18H26N4O. The van der Waals surface area contributed by atoms with Gasteiger partial charge < -0.3 is 14.2 Å². The van der Waals surface area contributed by atoms with Crippen molar-refractivity contribution in [3.63, 3.8) is 0 Å². The van der Waals surface area contributed by atoms with Gasteiger partial charge in [0, 0.05) is 38.4 Å². The predicted molar refractivity (Wildman–Crippen MR) is 90.6 cm³/mol. The summed E-state index contributed by atoms with van der Waals surface area (Å²) in [6.45, 7) is 6.30. The molecule has 0 unspecified atom stereocenters. The van der Waals surface area contributed by atoms with Crippen molar-refractivity contribution >= 4 is 11.2 Å². The summed E-state index contributed by atoms with van der Waals surface area (Å²) in [4.78, 5) is 12.1. The van der Waals surface area contributed by atoms with Gasteiger partial charge in [-0.1, -0.05) is 6.42 Å². The molecule has 5 heteroatoms. The van der Waals surface area contributed by atoms with E-state index in [9.17, 15) is 0 Å². The van der Waals surface area contributed by atoms with Gasteiger partial charge in [0.2, 0.25) is 0 Å². The van der Waals surface area contributed by atoms with Crippen LogP contribution in [0.1, 0.15) is 43.8 Å². The first-order valence-corrected chi connectivity index (χ1v) is 9.03. The molecule has 0 atom stereocenters. The van der Waals surface area contributed by atoms with Gasteiger partial charge in [0.05, 0.1) is 0 Å². The number of fused-ring (bicyclic) bond motifs is 1. The van der Waals surface area contributed by atoms with Crippen molar-refractivity contribution < 1.29 is 4.74 Å². The molecule has 4 rings (SSSR count). The van der Waals surface area contributed by atoms with Crippen molar-refractivity contribution in [2.45, 2.75) is 44.6 Å². The van der Waals surface area contributed by atoms with Gasteiger partial charge >= 0.3 is 0 Å². The molecule has 2 aromatic rings. The maximum atomic E-state index is 5.53. The molecule has 2 fully saturated rings. The lowest BCUT2D eigenvalue weighted by Crippen LogP contribution is -2.33. The van der Waals surface area contributed by atoms with Crippen LogP contribution in [-0.2, 0) is 11.3 Å². The molecule has 2 aliphatic heterocycles. The molecule has 2 saturated heterocycles. The summed E-state index contributed by atoms with van der Waals surface area (Å²) in [6.07, 6.45) is 8.11. The van der Waals surface area contributed by atoms with Crippen LogP contribution in [0.5, 0.6) is 0 Å². The summed E-state index contributed by atoms with van der Waals surface area (Å²) in [5.74, 6) is 1.73. The fourth-order valence-corrected chi connectivity index (χ4v) is 3.89. The number of rotatable bonds is 4. The largest absolute Gasteiger partial charge is 0.381 e. The van der Waals surface area contributed by atoms with E-state index in [1.807, 2.05) is 12.3 Å². The number of hydrogen-bond acceptors (Lipinski definition) is 4. The minimum atomic E-state index is 0.513. The minimum Gasteiger partial charge on any atom is -0.381 e. The van der Waals surface area contributed by atoms with E-state index in [1.54, 1.807) is 0 Å². The van der Waals surface area contributed by atoms with Crippen molar-refractivity contribution in [1.82, 2.24) is 19.4 Å². The molecule has 0 N–H and O–H groups in total. The molecule has 0 radical (unpaired) electrons. The maximum Gasteiger partial charge on any atom is 0.160 e. The van der Waals surface area contributed by atoms with E-state index < -0.39 is 0 Å². The quantitative estimate of drug-likeness (QED) is 0.870. The standard InChI is InChI=1S/C18H26N4O/c1-2-9-21(10-3-1)11-12-22-17(15-6-13-23-14-7-15)20-16-5-4-8-19-18(16)22/h4-5,8,15H,1-3,6-7,9-14H2. The third-order valence-electron chi connectivity index (χ3n) is 5.21. The van der Waals surface area contributed by atoms with Crippen molar-refractivity contribution in [3.8, 4) is 0 Å². The molecule has 0 spiro atoms. The van der Waals surface area contributed by atoms with E-state index in [-0.39, 0.29) is 0 Å². The number of hydrogen-bond donors (Lipinski definition) is 0. The number of pyridine rings is 1. The summed E-state index contributed by atoms with van der Waals surface area (Å²) >= 11 is 0. The molecule has 2 aromatic heterocycles. The Hall–Kier alpha value is -1.46. The molecule has 124 valence electrons. The zero-order chi connectivity index (χ0) is 15.5. The smallest absolute Gasteiger partial charge is 0.160 e. The fourth-order valence-electron chi connectivity index (χ4n) is 3.89. The molecule has 4 heterocycles.